The molecule has 1 saturated heterocycles. The van der Waals surface area contributed by atoms with Crippen LogP contribution in [0.15, 0.2) is 12.1 Å². The van der Waals surface area contributed by atoms with Gasteiger partial charge in [-0.15, -0.1) is 0 Å². The second-order valence-electron chi connectivity index (χ2n) is 5.13. The average molecular weight is 246 g/mol. The van der Waals surface area contributed by atoms with Gasteiger partial charge in [0.15, 0.2) is 0 Å². The van der Waals surface area contributed by atoms with Gasteiger partial charge in [0.2, 0.25) is 0 Å². The van der Waals surface area contributed by atoms with Crippen molar-refractivity contribution >= 4 is 25.4 Å². The Morgan fingerprint density at radius 2 is 2.39 bits per heavy atom. The molecule has 6 heteroatoms. The van der Waals surface area contributed by atoms with Crippen molar-refractivity contribution in [3.63, 3.8) is 0 Å². The Morgan fingerprint density at radius 3 is 2.94 bits per heavy atom. The van der Waals surface area contributed by atoms with Gasteiger partial charge in [-0.3, -0.25) is 0 Å². The summed E-state index contributed by atoms with van der Waals surface area (Å²) in [5, 5.41) is 21.7. The SMILES string of the molecule is O=C(O)[C@@]1(CCCCC2=B[B]C=C2)C[C@H](O)CN1. The summed E-state index contributed by atoms with van der Waals surface area (Å²) >= 11 is 0. The first-order valence-corrected chi connectivity index (χ1v) is 6.49. The Hall–Kier alpha value is -0.870. The van der Waals surface area contributed by atoms with Gasteiger partial charge in [0.25, 0.3) is 0 Å². The maximum atomic E-state index is 11.3. The molecule has 0 aliphatic carbocycles. The second kappa shape index (κ2) is 5.85. The number of aliphatic carboxylic acids is 1. The van der Waals surface area contributed by atoms with Gasteiger partial charge in [-0.05, 0) is 0 Å². The van der Waals surface area contributed by atoms with E-state index in [2.05, 4.69) is 18.2 Å². The molecule has 2 atom stereocenters. The maximum absolute atomic E-state index is 11.3. The minimum absolute atomic E-state index is 0.318. The van der Waals surface area contributed by atoms with Crippen molar-refractivity contribution in [2.24, 2.45) is 0 Å². The van der Waals surface area contributed by atoms with Crippen LogP contribution in [-0.2, 0) is 4.79 Å². The molecule has 2 aliphatic rings. The van der Waals surface area contributed by atoms with Crippen molar-refractivity contribution in [1.82, 2.24) is 5.32 Å². The first-order chi connectivity index (χ1) is 8.62. The van der Waals surface area contributed by atoms with Crippen molar-refractivity contribution in [2.45, 2.75) is 43.7 Å². The third-order valence-corrected chi connectivity index (χ3v) is 3.72. The third-order valence-electron chi connectivity index (χ3n) is 3.72. The summed E-state index contributed by atoms with van der Waals surface area (Å²) in [7, 11) is 2.02. The topological polar surface area (TPSA) is 69.6 Å². The summed E-state index contributed by atoms with van der Waals surface area (Å²) in [6, 6.07) is 0. The molecule has 0 unspecified atom stereocenters. The number of hydrogen-bond acceptors (Lipinski definition) is 3. The van der Waals surface area contributed by atoms with Gasteiger partial charge in [0.1, 0.15) is 0 Å². The van der Waals surface area contributed by atoms with Crippen molar-refractivity contribution in [3.8, 4) is 0 Å². The van der Waals surface area contributed by atoms with Crippen LogP contribution in [0.4, 0.5) is 0 Å². The molecule has 2 aliphatic heterocycles. The fourth-order valence-corrected chi connectivity index (χ4v) is 2.66. The summed E-state index contributed by atoms with van der Waals surface area (Å²) in [6.45, 7) is 2.47. The molecule has 2 heterocycles. The van der Waals surface area contributed by atoms with Crippen molar-refractivity contribution in [3.05, 3.63) is 12.1 Å². The number of carboxylic acids is 1. The number of carbonyl (C=O) groups is 1. The molecule has 0 amide bonds. The van der Waals surface area contributed by atoms with Crippen LogP contribution in [0, 0.1) is 0 Å². The van der Waals surface area contributed by atoms with Crippen LogP contribution >= 0.6 is 0 Å². The number of unbranched alkanes of at least 4 members (excludes halogenated alkanes) is 1. The van der Waals surface area contributed by atoms with Crippen LogP contribution in [0.5, 0.6) is 0 Å². The summed E-state index contributed by atoms with van der Waals surface area (Å²) in [5.41, 5.74) is 0.393. The van der Waals surface area contributed by atoms with Crippen LogP contribution in [0.2, 0.25) is 0 Å². The van der Waals surface area contributed by atoms with Crippen molar-refractivity contribution in [1.29, 1.82) is 0 Å². The van der Waals surface area contributed by atoms with E-state index in [4.69, 9.17) is 0 Å². The molecule has 0 aromatic carbocycles. The van der Waals surface area contributed by atoms with Gasteiger partial charge >= 0.3 is 108 Å². The van der Waals surface area contributed by atoms with Gasteiger partial charge in [-0.2, -0.15) is 0 Å². The zero-order chi connectivity index (χ0) is 13.0. The average Bonchev–Trinajstić information content (AvgIpc) is 2.95. The molecule has 0 saturated carbocycles. The summed E-state index contributed by atoms with van der Waals surface area (Å²) in [4.78, 5) is 11.3. The van der Waals surface area contributed by atoms with Gasteiger partial charge in [-0.1, -0.05) is 0 Å². The molecular weight excluding hydrogens is 228 g/mol. The molecule has 0 aromatic heterocycles. The third kappa shape index (κ3) is 3.12. The van der Waals surface area contributed by atoms with E-state index in [1.165, 1.54) is 5.46 Å². The summed E-state index contributed by atoms with van der Waals surface area (Å²) < 4.78 is 0. The minimum atomic E-state index is -0.911. The first kappa shape index (κ1) is 13.6. The van der Waals surface area contributed by atoms with Crippen LogP contribution < -0.4 is 5.32 Å². The van der Waals surface area contributed by atoms with Crippen LogP contribution in [-0.4, -0.2) is 53.8 Å². The Labute approximate surface area is 109 Å². The van der Waals surface area contributed by atoms with Crippen molar-refractivity contribution in [2.75, 3.05) is 6.54 Å². The van der Waals surface area contributed by atoms with Crippen molar-refractivity contribution < 1.29 is 15.0 Å². The normalized spacial score (nSPS) is 29.8. The zero-order valence-electron chi connectivity index (χ0n) is 10.4. The molecule has 4 nitrogen and oxygen atoms in total. The number of nitrogens with one attached hydrogen (secondary N) is 1. The molecule has 1 radical (unpaired) electrons. The fraction of sp³-hybridized carbons (Fsp3) is 0.667. The molecule has 95 valence electrons. The molecule has 2 rings (SSSR count). The predicted molar refractivity (Wildman–Crippen MR) is 73.1 cm³/mol. The molecule has 3 N–H and O–H groups in total. The fourth-order valence-electron chi connectivity index (χ4n) is 2.66. The van der Waals surface area contributed by atoms with E-state index in [0.29, 0.717) is 19.4 Å². The van der Waals surface area contributed by atoms with Gasteiger partial charge in [0, 0.05) is 0 Å². The number of aliphatic hydroxyl groups excluding tert-OH is 1. The monoisotopic (exact) mass is 246 g/mol. The Bertz CT molecular complexity index is 384. The van der Waals surface area contributed by atoms with E-state index in [0.717, 1.165) is 19.3 Å². The van der Waals surface area contributed by atoms with E-state index >= 15 is 0 Å². The number of aliphatic hydroxyl groups is 1. The van der Waals surface area contributed by atoms with Gasteiger partial charge in [0.05, 0.1) is 0 Å². The van der Waals surface area contributed by atoms with E-state index in [1.54, 1.807) is 0 Å². The summed E-state index contributed by atoms with van der Waals surface area (Å²) in [5.74, 6) is 1.18. The molecule has 1 fully saturated rings. The molecule has 18 heavy (non-hydrogen) atoms. The number of allylic oxidation sites excluding steroid dienone is 1. The van der Waals surface area contributed by atoms with Crippen LogP contribution in [0.25, 0.3) is 0 Å². The first-order valence-electron chi connectivity index (χ1n) is 6.49. The number of hydrogen-bond donors (Lipinski definition) is 3. The van der Waals surface area contributed by atoms with Crippen LogP contribution in [0.1, 0.15) is 32.1 Å². The zero-order valence-corrected chi connectivity index (χ0v) is 10.4. The number of rotatable bonds is 6. The second-order valence-corrected chi connectivity index (χ2v) is 5.13. The molecule has 0 aromatic rings. The Kier molecular flexibility index (Phi) is 4.40. The predicted octanol–water partition coefficient (Wildman–Crippen LogP) is -0.253. The summed E-state index contributed by atoms with van der Waals surface area (Å²) in [6.07, 6.45) is 5.29. The van der Waals surface area contributed by atoms with E-state index < -0.39 is 17.6 Å². The van der Waals surface area contributed by atoms with Gasteiger partial charge in [-0.25, -0.2) is 0 Å². The van der Waals surface area contributed by atoms with E-state index in [1.807, 2.05) is 13.1 Å². The van der Waals surface area contributed by atoms with E-state index in [-0.39, 0.29) is 0 Å². The van der Waals surface area contributed by atoms with Gasteiger partial charge < -0.3 is 0 Å². The standard InChI is InChI=1S/C12H18B2NO3/c16-10-7-12(11(17)18,15-8-10)5-2-1-3-9-4-6-13-14-9/h4,6,10,15-16H,1-3,5,7-8H2,(H,17,18)/t10-,12+/m0/s1. The Morgan fingerprint density at radius 1 is 1.56 bits per heavy atom. The number of carboxylic acid groups (broad SMARTS) is 1. The quantitative estimate of drug-likeness (QED) is 0.446. The van der Waals surface area contributed by atoms with Crippen LogP contribution in [0.3, 0.4) is 0 Å². The number of β-amino-alcohol motifs (C(OH)–C–C–N with tert-alkyl or cyclic N) is 1. The van der Waals surface area contributed by atoms with E-state index in [9.17, 15) is 15.0 Å². The molecule has 0 bridgehead atoms. The molecular formula is C12H18B2NO3. The molecule has 0 spiro atoms. The Balaban J connectivity index is 1.76.